The summed E-state index contributed by atoms with van der Waals surface area (Å²) in [4.78, 5) is 27.3. The van der Waals surface area contributed by atoms with E-state index in [0.29, 0.717) is 6.54 Å². The maximum absolute atomic E-state index is 12.9. The van der Waals surface area contributed by atoms with Crippen molar-refractivity contribution < 1.29 is 9.59 Å². The predicted octanol–water partition coefficient (Wildman–Crippen LogP) is 2.18. The number of nitrogens with one attached hydrogen (secondary N) is 1. The molecule has 1 aliphatic carbocycles. The van der Waals surface area contributed by atoms with Crippen LogP contribution in [-0.2, 0) is 9.59 Å². The van der Waals surface area contributed by atoms with Gasteiger partial charge in [0.2, 0.25) is 5.91 Å². The number of piperazine rings is 1. The molecule has 1 aliphatic heterocycles. The van der Waals surface area contributed by atoms with E-state index in [-0.39, 0.29) is 11.8 Å². The number of hydrogen-bond donors (Lipinski definition) is 1. The van der Waals surface area contributed by atoms with E-state index in [2.05, 4.69) is 11.9 Å². The van der Waals surface area contributed by atoms with Gasteiger partial charge in [0.25, 0.3) is 5.91 Å². The quantitative estimate of drug-likeness (QED) is 0.865. The molecule has 1 saturated heterocycles. The van der Waals surface area contributed by atoms with Crippen molar-refractivity contribution in [3.8, 4) is 0 Å². The van der Waals surface area contributed by atoms with Gasteiger partial charge in [-0.2, -0.15) is 0 Å². The minimum Gasteiger partial charge on any atom is -0.338 e. The zero-order chi connectivity index (χ0) is 14.9. The summed E-state index contributed by atoms with van der Waals surface area (Å²) in [6, 6.07) is 8.84. The molecule has 2 fully saturated rings. The number of amides is 2. The van der Waals surface area contributed by atoms with Crippen LogP contribution in [0.1, 0.15) is 37.3 Å². The van der Waals surface area contributed by atoms with Gasteiger partial charge in [-0.15, -0.1) is 6.58 Å². The maximum atomic E-state index is 12.9. The second kappa shape index (κ2) is 5.35. The third-order valence-electron chi connectivity index (χ3n) is 4.60. The van der Waals surface area contributed by atoms with Crippen molar-refractivity contribution in [1.82, 2.24) is 10.2 Å². The van der Waals surface area contributed by atoms with Crippen molar-refractivity contribution in [2.45, 2.75) is 37.3 Å². The highest BCUT2D eigenvalue weighted by Gasteiger charge is 2.53. The van der Waals surface area contributed by atoms with Gasteiger partial charge in [-0.05, 0) is 18.4 Å². The standard InChI is InChI=1S/C17H20N2O2/c1-2-12-19-15(20)14(13-8-4-3-5-9-13)18-16(21)17(19)10-6-7-11-17/h2-5,8-9,14H,1,6-7,10-12H2,(H,18,21). The van der Waals surface area contributed by atoms with Crippen LogP contribution >= 0.6 is 0 Å². The SMILES string of the molecule is C=CCN1C(=O)C(c2ccccc2)NC(=O)C12CCCC2. The Balaban J connectivity index is 1.97. The first kappa shape index (κ1) is 13.9. The zero-order valence-corrected chi connectivity index (χ0v) is 12.0. The van der Waals surface area contributed by atoms with E-state index in [1.807, 2.05) is 30.3 Å². The Kier molecular flexibility index (Phi) is 3.53. The van der Waals surface area contributed by atoms with Crippen LogP contribution in [0.25, 0.3) is 0 Å². The van der Waals surface area contributed by atoms with E-state index >= 15 is 0 Å². The Morgan fingerprint density at radius 2 is 1.90 bits per heavy atom. The van der Waals surface area contributed by atoms with E-state index in [0.717, 1.165) is 31.2 Å². The lowest BCUT2D eigenvalue weighted by Gasteiger charge is -2.46. The fraction of sp³-hybridized carbons (Fsp3) is 0.412. The van der Waals surface area contributed by atoms with Gasteiger partial charge in [-0.25, -0.2) is 0 Å². The van der Waals surface area contributed by atoms with Gasteiger partial charge < -0.3 is 10.2 Å². The van der Waals surface area contributed by atoms with Crippen LogP contribution < -0.4 is 5.32 Å². The summed E-state index contributed by atoms with van der Waals surface area (Å²) in [6.07, 6.45) is 5.19. The minimum atomic E-state index is -0.656. The summed E-state index contributed by atoms with van der Waals surface area (Å²) >= 11 is 0. The van der Waals surface area contributed by atoms with E-state index in [1.54, 1.807) is 11.0 Å². The number of carbonyl (C=O) groups is 2. The number of benzene rings is 1. The molecular weight excluding hydrogens is 264 g/mol. The average Bonchev–Trinajstić information content (AvgIpc) is 2.99. The molecule has 1 N–H and O–H groups in total. The Hall–Kier alpha value is -2.10. The molecule has 1 aromatic carbocycles. The van der Waals surface area contributed by atoms with Crippen LogP contribution in [0, 0.1) is 0 Å². The van der Waals surface area contributed by atoms with Crippen molar-refractivity contribution >= 4 is 11.8 Å². The molecule has 1 saturated carbocycles. The van der Waals surface area contributed by atoms with Crippen LogP contribution in [0.2, 0.25) is 0 Å². The van der Waals surface area contributed by atoms with Crippen LogP contribution in [0.4, 0.5) is 0 Å². The smallest absolute Gasteiger partial charge is 0.250 e. The monoisotopic (exact) mass is 284 g/mol. The van der Waals surface area contributed by atoms with Gasteiger partial charge in [-0.1, -0.05) is 49.2 Å². The van der Waals surface area contributed by atoms with Crippen molar-refractivity contribution in [3.63, 3.8) is 0 Å². The first-order valence-electron chi connectivity index (χ1n) is 7.47. The van der Waals surface area contributed by atoms with Crippen LogP contribution in [0.15, 0.2) is 43.0 Å². The fourth-order valence-electron chi connectivity index (χ4n) is 3.54. The largest absolute Gasteiger partial charge is 0.338 e. The molecule has 1 aromatic rings. The summed E-state index contributed by atoms with van der Waals surface area (Å²) in [6.45, 7) is 4.17. The summed E-state index contributed by atoms with van der Waals surface area (Å²) in [5.74, 6) is -0.0436. The van der Waals surface area contributed by atoms with E-state index < -0.39 is 11.6 Å². The number of carbonyl (C=O) groups excluding carboxylic acids is 2. The van der Waals surface area contributed by atoms with Gasteiger partial charge in [-0.3, -0.25) is 9.59 Å². The Morgan fingerprint density at radius 3 is 2.52 bits per heavy atom. The molecule has 1 atom stereocenters. The Labute approximate surface area is 124 Å². The Bertz CT molecular complexity index is 561. The molecule has 4 nitrogen and oxygen atoms in total. The second-order valence-electron chi connectivity index (χ2n) is 5.79. The third-order valence-corrected chi connectivity index (χ3v) is 4.60. The summed E-state index contributed by atoms with van der Waals surface area (Å²) in [5, 5.41) is 2.94. The van der Waals surface area contributed by atoms with Crippen molar-refractivity contribution in [1.29, 1.82) is 0 Å². The van der Waals surface area contributed by atoms with Crippen LogP contribution in [-0.4, -0.2) is 28.8 Å². The first-order chi connectivity index (χ1) is 10.2. The summed E-state index contributed by atoms with van der Waals surface area (Å²) in [7, 11) is 0. The number of hydrogen-bond acceptors (Lipinski definition) is 2. The van der Waals surface area contributed by atoms with E-state index in [1.165, 1.54) is 0 Å². The second-order valence-corrected chi connectivity index (χ2v) is 5.79. The topological polar surface area (TPSA) is 49.4 Å². The highest BCUT2D eigenvalue weighted by molar-refractivity contribution is 6.00. The molecular formula is C17H20N2O2. The van der Waals surface area contributed by atoms with Gasteiger partial charge in [0, 0.05) is 6.54 Å². The number of nitrogens with zero attached hydrogens (tertiary/aromatic N) is 1. The highest BCUT2D eigenvalue weighted by atomic mass is 16.2. The van der Waals surface area contributed by atoms with Gasteiger partial charge >= 0.3 is 0 Å². The molecule has 21 heavy (non-hydrogen) atoms. The average molecular weight is 284 g/mol. The molecule has 110 valence electrons. The molecule has 1 spiro atoms. The summed E-state index contributed by atoms with van der Waals surface area (Å²) < 4.78 is 0. The zero-order valence-electron chi connectivity index (χ0n) is 12.0. The predicted molar refractivity (Wildman–Crippen MR) is 80.4 cm³/mol. The molecule has 0 aromatic heterocycles. The van der Waals surface area contributed by atoms with Gasteiger partial charge in [0.1, 0.15) is 11.6 Å². The highest BCUT2D eigenvalue weighted by Crippen LogP contribution is 2.40. The normalized spacial score (nSPS) is 24.2. The maximum Gasteiger partial charge on any atom is 0.250 e. The molecule has 3 rings (SSSR count). The lowest BCUT2D eigenvalue weighted by Crippen LogP contribution is -2.66. The first-order valence-corrected chi connectivity index (χ1v) is 7.47. The minimum absolute atomic E-state index is 0.0182. The van der Waals surface area contributed by atoms with Crippen LogP contribution in [0.5, 0.6) is 0 Å². The Morgan fingerprint density at radius 1 is 1.24 bits per heavy atom. The van der Waals surface area contributed by atoms with Crippen molar-refractivity contribution in [2.24, 2.45) is 0 Å². The molecule has 1 heterocycles. The molecule has 2 aliphatic rings. The van der Waals surface area contributed by atoms with Crippen molar-refractivity contribution in [2.75, 3.05) is 6.54 Å². The number of rotatable bonds is 3. The fourth-order valence-corrected chi connectivity index (χ4v) is 3.54. The molecule has 1 unspecified atom stereocenters. The molecule has 0 bridgehead atoms. The lowest BCUT2D eigenvalue weighted by molar-refractivity contribution is -0.156. The third kappa shape index (κ3) is 2.15. The molecule has 2 amide bonds. The van der Waals surface area contributed by atoms with Gasteiger partial charge in [0.15, 0.2) is 0 Å². The van der Waals surface area contributed by atoms with Gasteiger partial charge in [0.05, 0.1) is 0 Å². The summed E-state index contributed by atoms with van der Waals surface area (Å²) in [5.41, 5.74) is 0.175. The lowest BCUT2D eigenvalue weighted by atomic mass is 9.88. The van der Waals surface area contributed by atoms with E-state index in [9.17, 15) is 9.59 Å². The van der Waals surface area contributed by atoms with Crippen LogP contribution in [0.3, 0.4) is 0 Å². The van der Waals surface area contributed by atoms with Crippen molar-refractivity contribution in [3.05, 3.63) is 48.6 Å². The molecule has 4 heteroatoms. The van der Waals surface area contributed by atoms with E-state index in [4.69, 9.17) is 0 Å². The molecule has 0 radical (unpaired) electrons.